The molecule has 0 amide bonds. The van der Waals surface area contributed by atoms with Crippen LogP contribution in [0.4, 0.5) is 0 Å². The van der Waals surface area contributed by atoms with Gasteiger partial charge in [-0.05, 0) is 24.3 Å². The fourth-order valence-electron chi connectivity index (χ4n) is 1.50. The zero-order valence-electron chi connectivity index (χ0n) is 9.95. The number of amidine groups is 1. The van der Waals surface area contributed by atoms with Crippen LogP contribution in [-0.2, 0) is 6.61 Å². The van der Waals surface area contributed by atoms with Crippen molar-refractivity contribution in [1.29, 1.82) is 0 Å². The molecule has 1 aromatic carbocycles. The number of hydrogen-bond donors (Lipinski definition) is 2. The summed E-state index contributed by atoms with van der Waals surface area (Å²) >= 11 is 6.02. The fraction of sp³-hybridized carbons (Fsp3) is 0.0769. The van der Waals surface area contributed by atoms with Crippen LogP contribution in [0.5, 0.6) is 5.75 Å². The van der Waals surface area contributed by atoms with Gasteiger partial charge in [0.25, 0.3) is 0 Å². The maximum absolute atomic E-state index is 8.60. The SMILES string of the molecule is N/C(=N/O)c1ccc(OCc2cccnc2)cc1Cl. The van der Waals surface area contributed by atoms with Crippen molar-refractivity contribution in [2.24, 2.45) is 10.9 Å². The summed E-state index contributed by atoms with van der Waals surface area (Å²) in [6, 6.07) is 8.71. The van der Waals surface area contributed by atoms with Crippen LogP contribution < -0.4 is 10.5 Å². The van der Waals surface area contributed by atoms with E-state index in [1.54, 1.807) is 30.6 Å². The van der Waals surface area contributed by atoms with E-state index in [0.29, 0.717) is 22.9 Å². The van der Waals surface area contributed by atoms with Crippen molar-refractivity contribution in [1.82, 2.24) is 4.98 Å². The lowest BCUT2D eigenvalue weighted by atomic mass is 10.2. The number of nitrogens with zero attached hydrogens (tertiary/aromatic N) is 2. The number of hydrogen-bond acceptors (Lipinski definition) is 4. The van der Waals surface area contributed by atoms with E-state index in [0.717, 1.165) is 5.56 Å². The molecule has 2 rings (SSSR count). The summed E-state index contributed by atoms with van der Waals surface area (Å²) in [5.74, 6) is 0.562. The van der Waals surface area contributed by atoms with Gasteiger partial charge < -0.3 is 15.7 Å². The van der Waals surface area contributed by atoms with E-state index in [-0.39, 0.29) is 5.84 Å². The summed E-state index contributed by atoms with van der Waals surface area (Å²) in [6.45, 7) is 0.396. The number of halogens is 1. The Kier molecular flexibility index (Phi) is 4.20. The fourth-order valence-corrected chi connectivity index (χ4v) is 1.76. The molecule has 0 atom stereocenters. The van der Waals surface area contributed by atoms with Crippen LogP contribution in [0.2, 0.25) is 5.02 Å². The van der Waals surface area contributed by atoms with Gasteiger partial charge in [0.1, 0.15) is 12.4 Å². The predicted molar refractivity (Wildman–Crippen MR) is 72.5 cm³/mol. The number of rotatable bonds is 4. The van der Waals surface area contributed by atoms with Crippen molar-refractivity contribution in [2.75, 3.05) is 0 Å². The highest BCUT2D eigenvalue weighted by Gasteiger charge is 2.07. The van der Waals surface area contributed by atoms with E-state index in [1.807, 2.05) is 12.1 Å². The van der Waals surface area contributed by atoms with Gasteiger partial charge in [-0.2, -0.15) is 0 Å². The minimum Gasteiger partial charge on any atom is -0.489 e. The van der Waals surface area contributed by atoms with Crippen molar-refractivity contribution in [2.45, 2.75) is 6.61 Å². The highest BCUT2D eigenvalue weighted by atomic mass is 35.5. The quantitative estimate of drug-likeness (QED) is 0.389. The van der Waals surface area contributed by atoms with Crippen molar-refractivity contribution < 1.29 is 9.94 Å². The van der Waals surface area contributed by atoms with Crippen molar-refractivity contribution >= 4 is 17.4 Å². The summed E-state index contributed by atoms with van der Waals surface area (Å²) in [4.78, 5) is 4.00. The Bertz CT molecular complexity index is 588. The second kappa shape index (κ2) is 6.06. The predicted octanol–water partition coefficient (Wildman–Crippen LogP) is 2.41. The maximum atomic E-state index is 8.60. The minimum atomic E-state index is -0.0381. The highest BCUT2D eigenvalue weighted by molar-refractivity contribution is 6.34. The number of ether oxygens (including phenoxy) is 1. The Morgan fingerprint density at radius 3 is 2.89 bits per heavy atom. The molecule has 3 N–H and O–H groups in total. The van der Waals surface area contributed by atoms with Crippen LogP contribution in [0.3, 0.4) is 0 Å². The largest absolute Gasteiger partial charge is 0.489 e. The second-order valence-electron chi connectivity index (χ2n) is 3.78. The van der Waals surface area contributed by atoms with Crippen LogP contribution in [0.15, 0.2) is 47.9 Å². The minimum absolute atomic E-state index is 0.0381. The molecule has 0 bridgehead atoms. The molecule has 0 aliphatic rings. The summed E-state index contributed by atoms with van der Waals surface area (Å²) in [7, 11) is 0. The first-order chi connectivity index (χ1) is 9.20. The molecule has 98 valence electrons. The third kappa shape index (κ3) is 3.35. The molecule has 0 saturated heterocycles. The maximum Gasteiger partial charge on any atom is 0.171 e. The number of benzene rings is 1. The Morgan fingerprint density at radius 1 is 1.42 bits per heavy atom. The summed E-state index contributed by atoms with van der Waals surface area (Å²) < 4.78 is 5.57. The van der Waals surface area contributed by atoms with Gasteiger partial charge >= 0.3 is 0 Å². The average molecular weight is 278 g/mol. The van der Waals surface area contributed by atoms with E-state index in [1.165, 1.54) is 0 Å². The lowest BCUT2D eigenvalue weighted by molar-refractivity contribution is 0.305. The number of oxime groups is 1. The molecular weight excluding hydrogens is 266 g/mol. The summed E-state index contributed by atoms with van der Waals surface area (Å²) in [5, 5.41) is 11.9. The molecular formula is C13H12ClN3O2. The Labute approximate surface area is 115 Å². The Balaban J connectivity index is 2.09. The van der Waals surface area contributed by atoms with Crippen molar-refractivity contribution in [3.8, 4) is 5.75 Å². The van der Waals surface area contributed by atoms with Crippen LogP contribution >= 0.6 is 11.6 Å². The molecule has 19 heavy (non-hydrogen) atoms. The summed E-state index contributed by atoms with van der Waals surface area (Å²) in [6.07, 6.45) is 3.43. The van der Waals surface area contributed by atoms with Crippen molar-refractivity contribution in [3.63, 3.8) is 0 Å². The van der Waals surface area contributed by atoms with E-state index < -0.39 is 0 Å². The van der Waals surface area contributed by atoms with Crippen molar-refractivity contribution in [3.05, 3.63) is 58.9 Å². The van der Waals surface area contributed by atoms with Gasteiger partial charge in [-0.25, -0.2) is 0 Å². The molecule has 0 saturated carbocycles. The highest BCUT2D eigenvalue weighted by Crippen LogP contribution is 2.23. The van der Waals surface area contributed by atoms with Gasteiger partial charge in [0, 0.05) is 23.5 Å². The first-order valence-electron chi connectivity index (χ1n) is 5.50. The molecule has 0 fully saturated rings. The van der Waals surface area contributed by atoms with Crippen LogP contribution in [-0.4, -0.2) is 16.0 Å². The molecule has 1 heterocycles. The third-order valence-corrected chi connectivity index (χ3v) is 2.77. The third-order valence-electron chi connectivity index (χ3n) is 2.45. The normalized spacial score (nSPS) is 11.3. The molecule has 1 aromatic heterocycles. The van der Waals surface area contributed by atoms with Gasteiger partial charge in [-0.3, -0.25) is 4.98 Å². The van der Waals surface area contributed by atoms with E-state index in [9.17, 15) is 0 Å². The number of aromatic nitrogens is 1. The second-order valence-corrected chi connectivity index (χ2v) is 4.18. The van der Waals surface area contributed by atoms with Gasteiger partial charge in [0.2, 0.25) is 0 Å². The Hall–Kier alpha value is -2.27. The first kappa shape index (κ1) is 13.2. The number of nitrogens with two attached hydrogens (primary N) is 1. The standard InChI is InChI=1S/C13H12ClN3O2/c14-12-6-10(3-4-11(12)13(15)17-18)19-8-9-2-1-5-16-7-9/h1-7,18H,8H2,(H2,15,17). The zero-order chi connectivity index (χ0) is 13.7. The number of pyridine rings is 1. The molecule has 0 aliphatic heterocycles. The molecule has 6 heteroatoms. The first-order valence-corrected chi connectivity index (χ1v) is 5.87. The molecule has 0 aliphatic carbocycles. The summed E-state index contributed by atoms with van der Waals surface area (Å²) in [5.41, 5.74) is 6.89. The molecule has 0 radical (unpaired) electrons. The van der Waals surface area contributed by atoms with E-state index >= 15 is 0 Å². The zero-order valence-corrected chi connectivity index (χ0v) is 10.7. The molecule has 2 aromatic rings. The lowest BCUT2D eigenvalue weighted by Crippen LogP contribution is -2.13. The molecule has 5 nitrogen and oxygen atoms in total. The van der Waals surface area contributed by atoms with Crippen LogP contribution in [0.25, 0.3) is 0 Å². The van der Waals surface area contributed by atoms with Gasteiger partial charge in [0.15, 0.2) is 5.84 Å². The lowest BCUT2D eigenvalue weighted by Gasteiger charge is -2.08. The smallest absolute Gasteiger partial charge is 0.171 e. The topological polar surface area (TPSA) is 80.7 Å². The van der Waals surface area contributed by atoms with Crippen LogP contribution in [0, 0.1) is 0 Å². The monoisotopic (exact) mass is 277 g/mol. The van der Waals surface area contributed by atoms with Gasteiger partial charge in [0.05, 0.1) is 5.02 Å². The van der Waals surface area contributed by atoms with Gasteiger partial charge in [-0.1, -0.05) is 22.8 Å². The molecule has 0 spiro atoms. The molecule has 0 unspecified atom stereocenters. The van der Waals surface area contributed by atoms with Crippen LogP contribution in [0.1, 0.15) is 11.1 Å². The van der Waals surface area contributed by atoms with E-state index in [4.69, 9.17) is 27.3 Å². The average Bonchev–Trinajstić information content (AvgIpc) is 2.45. The van der Waals surface area contributed by atoms with E-state index in [2.05, 4.69) is 10.1 Å². The Morgan fingerprint density at radius 2 is 2.26 bits per heavy atom. The van der Waals surface area contributed by atoms with Gasteiger partial charge in [-0.15, -0.1) is 0 Å².